The van der Waals surface area contributed by atoms with E-state index in [-0.39, 0.29) is 39.7 Å². The Labute approximate surface area is 191 Å². The maximum atomic E-state index is 9.23. The quantitative estimate of drug-likeness (QED) is 0.263. The van der Waals surface area contributed by atoms with Gasteiger partial charge in [-0.15, -0.1) is 0 Å². The highest BCUT2D eigenvalue weighted by Gasteiger charge is 2.25. The minimum Gasteiger partial charge on any atom is -0.456 e. The molecular weight excluding hydrogens is 368 g/mol. The van der Waals surface area contributed by atoms with Crippen LogP contribution in [0.1, 0.15) is 54.1 Å². The van der Waals surface area contributed by atoms with Crippen molar-refractivity contribution in [2.24, 2.45) is 13.0 Å². The van der Waals surface area contributed by atoms with Crippen LogP contribution in [0.5, 0.6) is 0 Å². The van der Waals surface area contributed by atoms with Gasteiger partial charge in [-0.2, -0.15) is 4.57 Å². The van der Waals surface area contributed by atoms with E-state index in [0.717, 1.165) is 0 Å². The first-order valence-corrected chi connectivity index (χ1v) is 9.76. The Balaban J connectivity index is 2.29. The van der Waals surface area contributed by atoms with Crippen LogP contribution >= 0.6 is 0 Å². The summed E-state index contributed by atoms with van der Waals surface area (Å²) >= 11 is 0. The van der Waals surface area contributed by atoms with E-state index < -0.39 is 26.0 Å². The van der Waals surface area contributed by atoms with E-state index >= 15 is 0 Å². The van der Waals surface area contributed by atoms with Crippen LogP contribution in [0.25, 0.3) is 38.0 Å². The van der Waals surface area contributed by atoms with Crippen molar-refractivity contribution in [2.45, 2.75) is 47.8 Å². The van der Waals surface area contributed by atoms with Crippen molar-refractivity contribution in [3.05, 3.63) is 69.7 Å². The van der Waals surface area contributed by atoms with Gasteiger partial charge in [-0.1, -0.05) is 32.0 Å². The van der Waals surface area contributed by atoms with Crippen LogP contribution in [-0.2, 0) is 13.4 Å². The largest absolute Gasteiger partial charge is 0.456 e. The number of fused-ring (bicyclic) bond motifs is 3. The molecule has 4 rings (SSSR count). The van der Waals surface area contributed by atoms with E-state index in [4.69, 9.17) is 22.0 Å². The lowest BCUT2D eigenvalue weighted by molar-refractivity contribution is -0.667. The number of nitrogens with zero attached hydrogens (tertiary/aromatic N) is 2. The fraction of sp³-hybridized carbons (Fsp3) is 0.333. The lowest BCUT2D eigenvalue weighted by atomic mass is 9.92. The smallest absolute Gasteiger partial charge is 0.216 e. The molecule has 0 atom stereocenters. The summed E-state index contributed by atoms with van der Waals surface area (Å²) in [7, 11) is 1.61. The van der Waals surface area contributed by atoms with Gasteiger partial charge >= 0.3 is 0 Å². The van der Waals surface area contributed by atoms with E-state index in [1.54, 1.807) is 51.4 Å². The average Bonchev–Trinajstić information content (AvgIpc) is 3.18. The number of pyridine rings is 1. The highest BCUT2D eigenvalue weighted by molar-refractivity contribution is 6.12. The van der Waals surface area contributed by atoms with Gasteiger partial charge < -0.3 is 4.42 Å². The molecule has 0 saturated heterocycles. The van der Waals surface area contributed by atoms with Crippen LogP contribution < -0.4 is 4.57 Å². The molecule has 152 valence electrons. The lowest BCUT2D eigenvalue weighted by Gasteiger charge is -2.14. The number of rotatable bonds is 3. The van der Waals surface area contributed by atoms with Crippen LogP contribution in [0.3, 0.4) is 0 Å². The molecule has 0 aliphatic heterocycles. The van der Waals surface area contributed by atoms with Gasteiger partial charge in [0.05, 0.1) is 13.5 Å². The molecule has 0 spiro atoms. The first-order chi connectivity index (χ1) is 17.8. The second kappa shape index (κ2) is 7.29. The van der Waals surface area contributed by atoms with E-state index in [1.165, 1.54) is 12.1 Å². The third kappa shape index (κ3) is 3.08. The topological polar surface area (TPSA) is 21.4 Å². The van der Waals surface area contributed by atoms with Crippen LogP contribution in [0.15, 0.2) is 34.7 Å². The number of hydrogen-bond acceptors (Lipinski definition) is 1. The molecular formula is C27H29N2O+. The molecule has 0 radical (unpaired) electrons. The first-order valence-electron chi connectivity index (χ1n) is 14.3. The maximum absolute atomic E-state index is 9.23. The molecule has 0 aliphatic carbocycles. The van der Waals surface area contributed by atoms with Gasteiger partial charge in [0.2, 0.25) is 5.69 Å². The van der Waals surface area contributed by atoms with Crippen LogP contribution in [0.2, 0.25) is 0 Å². The van der Waals surface area contributed by atoms with E-state index in [2.05, 4.69) is 4.85 Å². The summed E-state index contributed by atoms with van der Waals surface area (Å²) in [5.74, 6) is -0.639. The summed E-state index contributed by atoms with van der Waals surface area (Å²) in [5, 5.41) is 0.806. The Kier molecular flexibility index (Phi) is 2.89. The molecule has 0 amide bonds. The molecule has 0 bridgehead atoms. The second-order valence-electron chi connectivity index (χ2n) is 7.88. The predicted molar refractivity (Wildman–Crippen MR) is 124 cm³/mol. The molecule has 0 saturated carbocycles. The number of aryl methyl sites for hydroxylation is 2. The summed E-state index contributed by atoms with van der Waals surface area (Å²) in [5.41, 5.74) is 1.73. The van der Waals surface area contributed by atoms with Crippen molar-refractivity contribution in [1.82, 2.24) is 0 Å². The molecule has 4 aromatic rings. The van der Waals surface area contributed by atoms with Gasteiger partial charge in [0.15, 0.2) is 11.4 Å². The zero-order chi connectivity index (χ0) is 29.4. The van der Waals surface area contributed by atoms with Crippen LogP contribution in [0.4, 0.5) is 5.69 Å². The van der Waals surface area contributed by atoms with Gasteiger partial charge in [0, 0.05) is 40.3 Å². The van der Waals surface area contributed by atoms with Crippen molar-refractivity contribution >= 4 is 27.6 Å². The minimum absolute atomic E-state index is 0.0517. The molecule has 0 N–H and O–H groups in total. The number of hydrogen-bond donors (Lipinski definition) is 0. The first kappa shape index (κ1) is 11.9. The van der Waals surface area contributed by atoms with Gasteiger partial charge in [-0.25, -0.2) is 4.85 Å². The SMILES string of the molecule is [2H]c1c(C([2H])([2H])C(C)C)c(C([2H])([2H])[2H])c(C)[n+](C)c1-c1c(C)cc(C([2H])([2H])[2H])c2c1oc1cc([N+]#[C-])ccc12. The predicted octanol–water partition coefficient (Wildman–Crippen LogP) is 7.06. The molecule has 2 heterocycles. The third-order valence-corrected chi connectivity index (χ3v) is 5.42. The average molecular weight is 407 g/mol. The minimum atomic E-state index is -2.68. The van der Waals surface area contributed by atoms with E-state index in [1.807, 2.05) is 0 Å². The van der Waals surface area contributed by atoms with E-state index in [0.29, 0.717) is 33.2 Å². The Morgan fingerprint density at radius 3 is 2.70 bits per heavy atom. The Bertz CT molecular complexity index is 1690. The van der Waals surface area contributed by atoms with Crippen molar-refractivity contribution in [2.75, 3.05) is 0 Å². The molecule has 3 nitrogen and oxygen atoms in total. The number of aromatic nitrogens is 1. The molecule has 0 aliphatic rings. The van der Waals surface area contributed by atoms with Crippen molar-refractivity contribution in [3.63, 3.8) is 0 Å². The normalized spacial score (nSPS) is 17.3. The van der Waals surface area contributed by atoms with Crippen molar-refractivity contribution in [3.8, 4) is 11.3 Å². The Morgan fingerprint density at radius 2 is 2.03 bits per heavy atom. The third-order valence-electron chi connectivity index (χ3n) is 5.42. The Hall–Kier alpha value is -3.12. The van der Waals surface area contributed by atoms with Gasteiger partial charge in [-0.05, 0) is 55.7 Å². The molecule has 2 aromatic carbocycles. The number of benzene rings is 2. The molecule has 2 aromatic heterocycles. The van der Waals surface area contributed by atoms with Crippen LogP contribution in [-0.4, -0.2) is 0 Å². The Morgan fingerprint density at radius 1 is 1.23 bits per heavy atom. The molecule has 0 unspecified atom stereocenters. The van der Waals surface area contributed by atoms with Crippen molar-refractivity contribution < 1.29 is 21.3 Å². The highest BCUT2D eigenvalue weighted by atomic mass is 16.3. The zero-order valence-corrected chi connectivity index (χ0v) is 17.7. The van der Waals surface area contributed by atoms with Gasteiger partial charge in [-0.3, -0.25) is 0 Å². The van der Waals surface area contributed by atoms with Crippen molar-refractivity contribution in [1.29, 1.82) is 0 Å². The summed E-state index contributed by atoms with van der Waals surface area (Å²) in [6.45, 7) is 8.71. The van der Waals surface area contributed by atoms with Gasteiger partial charge in [0.1, 0.15) is 18.2 Å². The summed E-state index contributed by atoms with van der Waals surface area (Å²) in [6.07, 6.45) is -2.15. The molecule has 3 heteroatoms. The van der Waals surface area contributed by atoms with Gasteiger partial charge in [0.25, 0.3) is 0 Å². The highest BCUT2D eigenvalue weighted by Crippen LogP contribution is 2.40. The van der Waals surface area contributed by atoms with Crippen LogP contribution in [0, 0.1) is 40.0 Å². The summed E-state index contributed by atoms with van der Waals surface area (Å²) in [6, 6.07) is 5.95. The second-order valence-corrected chi connectivity index (χ2v) is 7.88. The standard InChI is InChI=1S/C27H29N2O/c1-15(2)11-20-13-23(29(8)19(6)18(20)5)26-17(4)12-16(3)25-22-10-9-21(28-7)14-24(22)30-27(25)26/h9-10,12-15H,11H2,1-6,8H3/q+1/i3D3,5D3,11D2,13D. The lowest BCUT2D eigenvalue weighted by Crippen LogP contribution is -2.36. The summed E-state index contributed by atoms with van der Waals surface area (Å²) < 4.78 is 83.8. The maximum Gasteiger partial charge on any atom is 0.216 e. The summed E-state index contributed by atoms with van der Waals surface area (Å²) in [4.78, 5) is 3.44. The monoisotopic (exact) mass is 406 g/mol. The fourth-order valence-electron chi connectivity index (χ4n) is 3.84. The molecule has 0 fully saturated rings. The van der Waals surface area contributed by atoms with E-state index in [9.17, 15) is 1.37 Å². The number of furan rings is 1. The fourth-order valence-corrected chi connectivity index (χ4v) is 3.84. The zero-order valence-electron chi connectivity index (χ0n) is 26.7. The molecule has 30 heavy (non-hydrogen) atoms.